The molecule has 0 bridgehead atoms. The molecule has 0 saturated heterocycles. The van der Waals surface area contributed by atoms with E-state index >= 15 is 0 Å². The maximum absolute atomic E-state index is 12.7. The molecule has 0 aliphatic rings. The highest BCUT2D eigenvalue weighted by Crippen LogP contribution is 2.26. The third kappa shape index (κ3) is 4.36. The fraction of sp³-hybridized carbons (Fsp3) is 0.750. The Hall–Kier alpha value is -1.41. The summed E-state index contributed by atoms with van der Waals surface area (Å²) in [6.07, 6.45) is 1.62. The molecule has 0 unspecified atom stereocenters. The van der Waals surface area contributed by atoms with Crippen molar-refractivity contribution in [1.82, 2.24) is 9.46 Å². The lowest BCUT2D eigenvalue weighted by Crippen LogP contribution is -2.51. The number of sulfonamides is 1. The first-order valence-corrected chi connectivity index (χ1v) is 9.52. The van der Waals surface area contributed by atoms with Gasteiger partial charge in [0, 0.05) is 25.1 Å². The van der Waals surface area contributed by atoms with E-state index < -0.39 is 20.7 Å². The quantitative estimate of drug-likeness (QED) is 0.808. The Labute approximate surface area is 144 Å². The van der Waals surface area contributed by atoms with Gasteiger partial charge in [-0.05, 0) is 20.3 Å². The van der Waals surface area contributed by atoms with Crippen molar-refractivity contribution in [2.24, 2.45) is 0 Å². The van der Waals surface area contributed by atoms with Gasteiger partial charge in [-0.2, -0.15) is 0 Å². The van der Waals surface area contributed by atoms with Crippen LogP contribution in [0.4, 0.5) is 5.82 Å². The lowest BCUT2D eigenvalue weighted by atomic mass is 9.93. The van der Waals surface area contributed by atoms with Crippen molar-refractivity contribution in [2.45, 2.75) is 64.5 Å². The highest BCUT2D eigenvalue weighted by atomic mass is 32.2. The molecule has 0 radical (unpaired) electrons. The Bertz CT molecular complexity index is 672. The molecule has 0 aromatic carbocycles. The van der Waals surface area contributed by atoms with Gasteiger partial charge in [0.25, 0.3) is 0 Å². The van der Waals surface area contributed by atoms with Crippen molar-refractivity contribution in [3.63, 3.8) is 0 Å². The average Bonchev–Trinajstić information content (AvgIpc) is 2.92. The van der Waals surface area contributed by atoms with Crippen molar-refractivity contribution < 1.29 is 17.7 Å². The summed E-state index contributed by atoms with van der Waals surface area (Å²) in [5.74, 6) is 0.183. The minimum absolute atomic E-state index is 0.212. The summed E-state index contributed by atoms with van der Waals surface area (Å²) in [6.45, 7) is 11.0. The smallest absolute Gasteiger partial charge is 0.247 e. The van der Waals surface area contributed by atoms with Crippen LogP contribution in [0.5, 0.6) is 0 Å². The van der Waals surface area contributed by atoms with E-state index in [0.717, 1.165) is 12.8 Å². The van der Waals surface area contributed by atoms with Crippen molar-refractivity contribution in [1.29, 1.82) is 0 Å². The van der Waals surface area contributed by atoms with Gasteiger partial charge in [0.2, 0.25) is 15.9 Å². The first-order valence-electron chi connectivity index (χ1n) is 8.08. The summed E-state index contributed by atoms with van der Waals surface area (Å²) in [5.41, 5.74) is -0.252. The molecule has 0 saturated carbocycles. The molecule has 1 N–H and O–H groups in total. The van der Waals surface area contributed by atoms with Crippen molar-refractivity contribution in [3.05, 3.63) is 11.8 Å². The average molecular weight is 359 g/mol. The number of unbranched alkanes of at least 4 members (excludes halogenated alkanes) is 1. The van der Waals surface area contributed by atoms with Gasteiger partial charge in [0.05, 0.1) is 0 Å². The second kappa shape index (κ2) is 7.23. The number of nitrogens with one attached hydrogen (secondary N) is 1. The molecule has 0 fully saturated rings. The Morgan fingerprint density at radius 2 is 1.88 bits per heavy atom. The van der Waals surface area contributed by atoms with Gasteiger partial charge in [0.1, 0.15) is 5.76 Å². The monoisotopic (exact) mass is 359 g/mol. The van der Waals surface area contributed by atoms with Crippen LogP contribution in [0.25, 0.3) is 0 Å². The minimum atomic E-state index is -3.79. The molecular weight excluding hydrogens is 330 g/mol. The number of carbonyl (C=O) groups is 1. The van der Waals surface area contributed by atoms with Crippen LogP contribution >= 0.6 is 0 Å². The number of aromatic nitrogens is 1. The van der Waals surface area contributed by atoms with E-state index in [-0.39, 0.29) is 11.2 Å². The number of anilines is 1. The van der Waals surface area contributed by atoms with E-state index in [1.54, 1.807) is 6.07 Å². The summed E-state index contributed by atoms with van der Waals surface area (Å²) >= 11 is 0. The molecule has 0 aliphatic heterocycles. The number of nitrogens with zero attached hydrogens (tertiary/aromatic N) is 2. The standard InChI is InChI=1S/C16H29N3O4S/c1-8-9-10-19(7)24(21,22)16(5,6)14(20)17-13-11-12(23-18-13)15(2,3)4/h11H,8-10H2,1-7H3,(H,17,18,20). The van der Waals surface area contributed by atoms with Crippen molar-refractivity contribution >= 4 is 21.7 Å². The Morgan fingerprint density at radius 3 is 2.33 bits per heavy atom. The van der Waals surface area contributed by atoms with Crippen LogP contribution in [0.3, 0.4) is 0 Å². The normalized spacial score (nSPS) is 13.3. The van der Waals surface area contributed by atoms with Gasteiger partial charge < -0.3 is 9.84 Å². The van der Waals surface area contributed by atoms with Crippen LogP contribution in [-0.4, -0.2) is 42.1 Å². The van der Waals surface area contributed by atoms with E-state index in [1.165, 1.54) is 25.2 Å². The Balaban J connectivity index is 2.94. The van der Waals surface area contributed by atoms with E-state index in [4.69, 9.17) is 4.52 Å². The predicted molar refractivity (Wildman–Crippen MR) is 94.4 cm³/mol. The third-order valence-corrected chi connectivity index (χ3v) is 6.40. The first-order chi connectivity index (χ1) is 10.8. The van der Waals surface area contributed by atoms with E-state index in [1.807, 2.05) is 27.7 Å². The lowest BCUT2D eigenvalue weighted by molar-refractivity contribution is -0.118. The van der Waals surface area contributed by atoms with Gasteiger partial charge >= 0.3 is 0 Å². The maximum atomic E-state index is 12.7. The summed E-state index contributed by atoms with van der Waals surface area (Å²) in [6, 6.07) is 1.61. The molecule has 1 rings (SSSR count). The highest BCUT2D eigenvalue weighted by molar-refractivity contribution is 7.91. The van der Waals surface area contributed by atoms with Crippen LogP contribution < -0.4 is 5.32 Å². The predicted octanol–water partition coefficient (Wildman–Crippen LogP) is 2.75. The van der Waals surface area contributed by atoms with Gasteiger partial charge in [-0.25, -0.2) is 12.7 Å². The van der Waals surface area contributed by atoms with E-state index in [2.05, 4.69) is 10.5 Å². The number of hydrogen-bond acceptors (Lipinski definition) is 5. The van der Waals surface area contributed by atoms with Gasteiger partial charge in [-0.1, -0.05) is 39.3 Å². The second-order valence-corrected chi connectivity index (χ2v) is 10.1. The Morgan fingerprint density at radius 1 is 1.29 bits per heavy atom. The summed E-state index contributed by atoms with van der Waals surface area (Å²) in [4.78, 5) is 12.5. The highest BCUT2D eigenvalue weighted by Gasteiger charge is 2.44. The molecule has 0 aliphatic carbocycles. The zero-order valence-corrected chi connectivity index (χ0v) is 16.5. The minimum Gasteiger partial charge on any atom is -0.359 e. The fourth-order valence-electron chi connectivity index (χ4n) is 1.96. The summed E-state index contributed by atoms with van der Waals surface area (Å²) < 4.78 is 30.2. The SMILES string of the molecule is CCCCN(C)S(=O)(=O)C(C)(C)C(=O)Nc1cc(C(C)(C)C)on1. The summed E-state index contributed by atoms with van der Waals surface area (Å²) in [7, 11) is -2.29. The molecule has 138 valence electrons. The van der Waals surface area contributed by atoms with Crippen molar-refractivity contribution in [3.8, 4) is 0 Å². The van der Waals surface area contributed by atoms with Crippen LogP contribution in [-0.2, 0) is 20.2 Å². The molecule has 1 amide bonds. The number of carbonyl (C=O) groups excluding carboxylic acids is 1. The second-order valence-electron chi connectivity index (χ2n) is 7.47. The molecule has 24 heavy (non-hydrogen) atoms. The van der Waals surface area contributed by atoms with Gasteiger partial charge in [-0.15, -0.1) is 0 Å². The molecule has 7 nitrogen and oxygen atoms in total. The molecular formula is C16H29N3O4S. The molecule has 1 heterocycles. The number of rotatable bonds is 7. The topological polar surface area (TPSA) is 92.5 Å². The van der Waals surface area contributed by atoms with Crippen LogP contribution in [0.1, 0.15) is 60.1 Å². The van der Waals surface area contributed by atoms with Gasteiger partial charge in [-0.3, -0.25) is 4.79 Å². The largest absolute Gasteiger partial charge is 0.359 e. The third-order valence-electron chi connectivity index (χ3n) is 3.92. The lowest BCUT2D eigenvalue weighted by Gasteiger charge is -2.28. The van der Waals surface area contributed by atoms with Crippen LogP contribution in [0, 0.1) is 0 Å². The maximum Gasteiger partial charge on any atom is 0.247 e. The summed E-state index contributed by atoms with van der Waals surface area (Å²) in [5, 5.41) is 6.34. The Kier molecular flexibility index (Phi) is 6.21. The fourth-order valence-corrected chi connectivity index (χ4v) is 3.40. The van der Waals surface area contributed by atoms with Crippen LogP contribution in [0.2, 0.25) is 0 Å². The molecule has 0 spiro atoms. The van der Waals surface area contributed by atoms with Gasteiger partial charge in [0.15, 0.2) is 10.6 Å². The number of amides is 1. The molecule has 1 aromatic rings. The van der Waals surface area contributed by atoms with E-state index in [0.29, 0.717) is 12.3 Å². The molecule has 8 heteroatoms. The van der Waals surface area contributed by atoms with Crippen LogP contribution in [0.15, 0.2) is 10.6 Å². The first kappa shape index (κ1) is 20.6. The van der Waals surface area contributed by atoms with Crippen molar-refractivity contribution in [2.75, 3.05) is 18.9 Å². The zero-order valence-electron chi connectivity index (χ0n) is 15.6. The molecule has 1 aromatic heterocycles. The van der Waals surface area contributed by atoms with E-state index in [9.17, 15) is 13.2 Å². The molecule has 0 atom stereocenters. The number of hydrogen-bond donors (Lipinski definition) is 1. The zero-order chi connectivity index (χ0) is 18.8.